The molecule has 152 valence electrons. The Kier molecular flexibility index (Phi) is 5.29. The molecule has 3 aliphatic rings. The van der Waals surface area contributed by atoms with Gasteiger partial charge < -0.3 is 24.8 Å². The summed E-state index contributed by atoms with van der Waals surface area (Å²) in [5.74, 6) is 0.998. The molecule has 0 unspecified atom stereocenters. The van der Waals surface area contributed by atoms with E-state index < -0.39 is 6.10 Å². The van der Waals surface area contributed by atoms with Gasteiger partial charge in [0.1, 0.15) is 18.0 Å². The number of aliphatic hydroxyl groups is 1. The summed E-state index contributed by atoms with van der Waals surface area (Å²) in [7, 11) is 3.45. The van der Waals surface area contributed by atoms with Crippen molar-refractivity contribution >= 4 is 17.5 Å². The molecule has 7 nitrogen and oxygen atoms in total. The number of nitrogens with one attached hydrogen (secondary N) is 1. The summed E-state index contributed by atoms with van der Waals surface area (Å²) in [6.07, 6.45) is 2.95. The molecule has 2 amide bonds. The van der Waals surface area contributed by atoms with E-state index in [4.69, 9.17) is 9.47 Å². The van der Waals surface area contributed by atoms with Gasteiger partial charge in [0.2, 0.25) is 11.8 Å². The topological polar surface area (TPSA) is 88.1 Å². The molecule has 0 radical (unpaired) electrons. The summed E-state index contributed by atoms with van der Waals surface area (Å²) in [5.41, 5.74) is 1.79. The normalized spacial score (nSPS) is 28.5. The average molecular weight is 388 g/mol. The monoisotopic (exact) mass is 388 g/mol. The Hall–Kier alpha value is -2.12. The Balaban J connectivity index is 1.52. The Morgan fingerprint density at radius 1 is 1.29 bits per heavy atom. The fraction of sp³-hybridized carbons (Fsp3) is 0.619. The highest BCUT2D eigenvalue weighted by Gasteiger charge is 2.46. The molecule has 0 bridgehead atoms. The van der Waals surface area contributed by atoms with Gasteiger partial charge in [-0.15, -0.1) is 0 Å². The predicted molar refractivity (Wildman–Crippen MR) is 103 cm³/mol. The van der Waals surface area contributed by atoms with E-state index in [0.717, 1.165) is 36.3 Å². The van der Waals surface area contributed by atoms with Crippen LogP contribution < -0.4 is 10.1 Å². The van der Waals surface area contributed by atoms with Crippen LogP contribution in [0.4, 0.5) is 5.69 Å². The van der Waals surface area contributed by atoms with Crippen LogP contribution in [-0.2, 0) is 14.3 Å². The number of benzene rings is 1. The Labute approximate surface area is 165 Å². The Morgan fingerprint density at radius 3 is 2.71 bits per heavy atom. The Morgan fingerprint density at radius 2 is 2.07 bits per heavy atom. The molecule has 28 heavy (non-hydrogen) atoms. The molecule has 0 spiro atoms. The van der Waals surface area contributed by atoms with Crippen molar-refractivity contribution in [2.45, 2.75) is 56.3 Å². The van der Waals surface area contributed by atoms with Gasteiger partial charge in [-0.2, -0.15) is 0 Å². The summed E-state index contributed by atoms with van der Waals surface area (Å²) in [5, 5.41) is 12.8. The second-order valence-electron chi connectivity index (χ2n) is 8.27. The van der Waals surface area contributed by atoms with Gasteiger partial charge in [-0.25, -0.2) is 0 Å². The number of hydrogen-bond donors (Lipinski definition) is 2. The minimum Gasteiger partial charge on any atom is -0.487 e. The highest BCUT2D eigenvalue weighted by atomic mass is 16.6. The number of rotatable bonds is 5. The molecular formula is C21H28N2O5. The van der Waals surface area contributed by atoms with Gasteiger partial charge in [0, 0.05) is 37.2 Å². The highest BCUT2D eigenvalue weighted by molar-refractivity contribution is 5.93. The summed E-state index contributed by atoms with van der Waals surface area (Å²) in [4.78, 5) is 25.9. The van der Waals surface area contributed by atoms with Crippen LogP contribution in [0.2, 0.25) is 0 Å². The van der Waals surface area contributed by atoms with Crippen LogP contribution in [0.3, 0.4) is 0 Å². The number of fused-ring (bicyclic) bond motifs is 3. The van der Waals surface area contributed by atoms with E-state index >= 15 is 0 Å². The number of aliphatic hydroxyl groups excluding tert-OH is 1. The van der Waals surface area contributed by atoms with Crippen molar-refractivity contribution in [2.75, 3.05) is 26.0 Å². The molecule has 0 aromatic heterocycles. The predicted octanol–water partition coefficient (Wildman–Crippen LogP) is 1.90. The fourth-order valence-electron chi connectivity index (χ4n) is 4.26. The van der Waals surface area contributed by atoms with Crippen LogP contribution in [0.1, 0.15) is 43.6 Å². The zero-order valence-electron chi connectivity index (χ0n) is 16.4. The van der Waals surface area contributed by atoms with Gasteiger partial charge in [-0.3, -0.25) is 9.59 Å². The molecule has 2 aliphatic heterocycles. The van der Waals surface area contributed by atoms with E-state index in [1.54, 1.807) is 19.0 Å². The zero-order chi connectivity index (χ0) is 19.8. The summed E-state index contributed by atoms with van der Waals surface area (Å²) >= 11 is 0. The molecule has 1 saturated carbocycles. The third-order valence-corrected chi connectivity index (χ3v) is 6.14. The maximum atomic E-state index is 12.3. The van der Waals surface area contributed by atoms with Crippen LogP contribution >= 0.6 is 0 Å². The fourth-order valence-corrected chi connectivity index (χ4v) is 4.26. The van der Waals surface area contributed by atoms with E-state index in [1.807, 2.05) is 18.2 Å². The molecule has 7 heteroatoms. The minimum atomic E-state index is -0.473. The first-order chi connectivity index (χ1) is 13.5. The zero-order valence-corrected chi connectivity index (χ0v) is 16.4. The van der Waals surface area contributed by atoms with Gasteiger partial charge in [0.05, 0.1) is 19.1 Å². The van der Waals surface area contributed by atoms with E-state index in [1.165, 1.54) is 0 Å². The second-order valence-corrected chi connectivity index (χ2v) is 8.27. The number of ether oxygens (including phenoxy) is 2. The van der Waals surface area contributed by atoms with E-state index in [2.05, 4.69) is 5.32 Å². The molecule has 2 heterocycles. The van der Waals surface area contributed by atoms with E-state index in [9.17, 15) is 14.7 Å². The lowest BCUT2D eigenvalue weighted by atomic mass is 9.83. The number of anilines is 1. The maximum absolute atomic E-state index is 12.3. The first-order valence-electron chi connectivity index (χ1n) is 10.0. The van der Waals surface area contributed by atoms with Gasteiger partial charge >= 0.3 is 0 Å². The third kappa shape index (κ3) is 3.61. The van der Waals surface area contributed by atoms with Crippen LogP contribution in [0, 0.1) is 5.92 Å². The summed E-state index contributed by atoms with van der Waals surface area (Å²) < 4.78 is 12.0. The molecule has 1 saturated heterocycles. The van der Waals surface area contributed by atoms with Crippen molar-refractivity contribution in [3.05, 3.63) is 23.8 Å². The van der Waals surface area contributed by atoms with Crippen LogP contribution in [0.5, 0.6) is 5.75 Å². The minimum absolute atomic E-state index is 0.000733. The van der Waals surface area contributed by atoms with Gasteiger partial charge in [-0.1, -0.05) is 6.42 Å². The van der Waals surface area contributed by atoms with Crippen molar-refractivity contribution in [1.82, 2.24) is 4.90 Å². The quantitative estimate of drug-likeness (QED) is 0.804. The standard InChI is InChI=1S/C21H28N2O5/c1-23(2)19(25)10-14-9-16-15-8-13(22-21(26)12-4-3-5-12)6-7-17(15)28-20(16)18(11-24)27-14/h6-8,12,14,16,18,20,24H,3-5,9-11H2,1-2H3,(H,22,26)/t14-,16+,18+,20-/m0/s1. The molecule has 4 rings (SSSR count). The smallest absolute Gasteiger partial charge is 0.227 e. The molecule has 1 aromatic carbocycles. The molecule has 1 aliphatic carbocycles. The van der Waals surface area contributed by atoms with Gasteiger partial charge in [0.15, 0.2) is 0 Å². The molecular weight excluding hydrogens is 360 g/mol. The average Bonchev–Trinajstić information content (AvgIpc) is 2.97. The first kappa shape index (κ1) is 19.2. The van der Waals surface area contributed by atoms with Gasteiger partial charge in [0.25, 0.3) is 0 Å². The number of nitrogens with zero attached hydrogens (tertiary/aromatic N) is 1. The number of hydrogen-bond acceptors (Lipinski definition) is 5. The van der Waals surface area contributed by atoms with Crippen molar-refractivity contribution in [1.29, 1.82) is 0 Å². The lowest BCUT2D eigenvalue weighted by Gasteiger charge is -2.37. The summed E-state index contributed by atoms with van der Waals surface area (Å²) in [6, 6.07) is 5.70. The van der Waals surface area contributed by atoms with E-state index in [0.29, 0.717) is 6.42 Å². The van der Waals surface area contributed by atoms with Crippen LogP contribution in [-0.4, -0.2) is 60.8 Å². The molecule has 1 aromatic rings. The van der Waals surface area contributed by atoms with Crippen molar-refractivity contribution in [2.24, 2.45) is 5.92 Å². The van der Waals surface area contributed by atoms with Crippen molar-refractivity contribution in [3.8, 4) is 5.75 Å². The first-order valence-corrected chi connectivity index (χ1v) is 10.0. The number of carbonyl (C=O) groups excluding carboxylic acids is 2. The molecule has 2 N–H and O–H groups in total. The number of amides is 2. The van der Waals surface area contributed by atoms with Gasteiger partial charge in [-0.05, 0) is 37.5 Å². The third-order valence-electron chi connectivity index (χ3n) is 6.14. The number of carbonyl (C=O) groups is 2. The molecule has 2 fully saturated rings. The molecule has 4 atom stereocenters. The van der Waals surface area contributed by atoms with Crippen molar-refractivity contribution in [3.63, 3.8) is 0 Å². The Bertz CT molecular complexity index is 761. The summed E-state index contributed by atoms with van der Waals surface area (Å²) in [6.45, 7) is -0.160. The highest BCUT2D eigenvalue weighted by Crippen LogP contribution is 2.47. The van der Waals surface area contributed by atoms with Crippen LogP contribution in [0.25, 0.3) is 0 Å². The largest absolute Gasteiger partial charge is 0.487 e. The van der Waals surface area contributed by atoms with Crippen molar-refractivity contribution < 1.29 is 24.2 Å². The van der Waals surface area contributed by atoms with E-state index in [-0.39, 0.29) is 48.9 Å². The SMILES string of the molecule is CN(C)C(=O)C[C@@H]1C[C@@H]2c3cc(NC(=O)C4CCC4)ccc3O[C@@H]2[C@@H](CO)O1. The van der Waals surface area contributed by atoms with Crippen LogP contribution in [0.15, 0.2) is 18.2 Å². The second kappa shape index (κ2) is 7.72. The lowest BCUT2D eigenvalue weighted by Crippen LogP contribution is -2.47. The maximum Gasteiger partial charge on any atom is 0.227 e. The lowest BCUT2D eigenvalue weighted by molar-refractivity contribution is -0.147.